The summed E-state index contributed by atoms with van der Waals surface area (Å²) in [5.41, 5.74) is 0.819. The third kappa shape index (κ3) is 4.21. The molecule has 0 aliphatic rings. The monoisotopic (exact) mass is 424 g/mol. The number of H-pyrrole nitrogens is 1. The van der Waals surface area contributed by atoms with E-state index in [0.29, 0.717) is 44.6 Å². The molecule has 0 aliphatic carbocycles. The topological polar surface area (TPSA) is 64.2 Å². The lowest BCUT2D eigenvalue weighted by Gasteiger charge is -2.12. The van der Waals surface area contributed by atoms with E-state index in [4.69, 9.17) is 44.3 Å². The van der Waals surface area contributed by atoms with Crippen LogP contribution in [0.15, 0.2) is 35.1 Å². The van der Waals surface area contributed by atoms with Crippen molar-refractivity contribution in [3.63, 3.8) is 0 Å². The Morgan fingerprint density at radius 3 is 2.74 bits per heavy atom. The summed E-state index contributed by atoms with van der Waals surface area (Å²) in [5.74, 6) is 1.16. The average molecular weight is 426 g/mol. The van der Waals surface area contributed by atoms with E-state index in [0.717, 1.165) is 0 Å². The number of benzene rings is 2. The Balaban J connectivity index is 2.07. The molecular weight excluding hydrogens is 411 g/mol. The van der Waals surface area contributed by atoms with Crippen molar-refractivity contribution in [3.05, 3.63) is 62.1 Å². The van der Waals surface area contributed by atoms with Gasteiger partial charge in [0.1, 0.15) is 0 Å². The first kappa shape index (κ1) is 19.5. The lowest BCUT2D eigenvalue weighted by Crippen LogP contribution is -2.10. The van der Waals surface area contributed by atoms with Crippen LogP contribution < -0.4 is 15.0 Å². The fourth-order valence-electron chi connectivity index (χ4n) is 2.57. The van der Waals surface area contributed by atoms with Crippen molar-refractivity contribution in [1.29, 1.82) is 0 Å². The fourth-order valence-corrected chi connectivity index (χ4v) is 3.25. The number of aromatic nitrogens is 2. The van der Waals surface area contributed by atoms with E-state index in [1.54, 1.807) is 36.4 Å². The van der Waals surface area contributed by atoms with Crippen molar-refractivity contribution in [2.45, 2.75) is 6.92 Å². The summed E-state index contributed by atoms with van der Waals surface area (Å²) in [4.78, 5) is 19.3. The predicted molar refractivity (Wildman–Crippen MR) is 110 cm³/mol. The summed E-state index contributed by atoms with van der Waals surface area (Å²) in [5, 5.41) is 1.53. The summed E-state index contributed by atoms with van der Waals surface area (Å²) in [6.45, 7) is 2.31. The molecule has 0 bridgehead atoms. The Labute approximate surface area is 170 Å². The van der Waals surface area contributed by atoms with Crippen molar-refractivity contribution in [1.82, 2.24) is 9.97 Å². The highest BCUT2D eigenvalue weighted by Crippen LogP contribution is 2.37. The SMILES string of the molecule is CCOc1cc(/C=C(\Cl)c2nc3cc(Cl)ccc3c(=O)[nH]2)cc(Cl)c1OC. The summed E-state index contributed by atoms with van der Waals surface area (Å²) in [6.07, 6.45) is 1.63. The lowest BCUT2D eigenvalue weighted by molar-refractivity contribution is 0.311. The molecule has 0 fully saturated rings. The van der Waals surface area contributed by atoms with E-state index >= 15 is 0 Å². The number of hydrogen-bond donors (Lipinski definition) is 1. The van der Waals surface area contributed by atoms with Gasteiger partial charge in [0.15, 0.2) is 17.3 Å². The van der Waals surface area contributed by atoms with E-state index in [-0.39, 0.29) is 16.4 Å². The van der Waals surface area contributed by atoms with Gasteiger partial charge in [-0.3, -0.25) is 4.79 Å². The molecule has 1 aromatic heterocycles. The average Bonchev–Trinajstić information content (AvgIpc) is 2.61. The first-order chi connectivity index (χ1) is 12.9. The lowest BCUT2D eigenvalue weighted by atomic mass is 10.1. The maximum atomic E-state index is 12.3. The molecule has 0 unspecified atom stereocenters. The van der Waals surface area contributed by atoms with E-state index in [1.165, 1.54) is 7.11 Å². The van der Waals surface area contributed by atoms with Crippen molar-refractivity contribution in [2.24, 2.45) is 0 Å². The Bertz CT molecular complexity index is 1090. The second kappa shape index (κ2) is 8.21. The minimum absolute atomic E-state index is 0.223. The van der Waals surface area contributed by atoms with Gasteiger partial charge < -0.3 is 14.5 Å². The van der Waals surface area contributed by atoms with Gasteiger partial charge in [0.2, 0.25) is 0 Å². The molecule has 1 heterocycles. The van der Waals surface area contributed by atoms with Gasteiger partial charge in [0.05, 0.1) is 34.7 Å². The van der Waals surface area contributed by atoms with Crippen LogP contribution in [0.4, 0.5) is 0 Å². The zero-order valence-corrected chi connectivity index (χ0v) is 16.7. The number of aromatic amines is 1. The van der Waals surface area contributed by atoms with Gasteiger partial charge in [-0.1, -0.05) is 34.8 Å². The number of halogens is 3. The highest BCUT2D eigenvalue weighted by Gasteiger charge is 2.12. The van der Waals surface area contributed by atoms with E-state index in [2.05, 4.69) is 9.97 Å². The molecule has 0 saturated heterocycles. The number of nitrogens with one attached hydrogen (secondary N) is 1. The van der Waals surface area contributed by atoms with E-state index < -0.39 is 0 Å². The zero-order valence-electron chi connectivity index (χ0n) is 14.5. The van der Waals surface area contributed by atoms with Gasteiger partial charge in [-0.25, -0.2) is 4.98 Å². The Hall–Kier alpha value is -2.21. The largest absolute Gasteiger partial charge is 0.491 e. The first-order valence-corrected chi connectivity index (χ1v) is 9.13. The Morgan fingerprint density at radius 1 is 1.26 bits per heavy atom. The molecule has 8 heteroatoms. The molecule has 2 aromatic carbocycles. The van der Waals surface area contributed by atoms with Crippen molar-refractivity contribution >= 4 is 56.8 Å². The third-order valence-corrected chi connectivity index (χ3v) is 4.53. The zero-order chi connectivity index (χ0) is 19.6. The normalized spacial score (nSPS) is 11.7. The van der Waals surface area contributed by atoms with Gasteiger partial charge in [0, 0.05) is 5.02 Å². The number of ether oxygens (including phenoxy) is 2. The number of rotatable bonds is 5. The molecule has 0 aliphatic heterocycles. The summed E-state index contributed by atoms with van der Waals surface area (Å²) in [7, 11) is 1.51. The molecule has 0 amide bonds. The minimum Gasteiger partial charge on any atom is -0.491 e. The summed E-state index contributed by atoms with van der Waals surface area (Å²) in [6, 6.07) is 8.28. The van der Waals surface area contributed by atoms with Gasteiger partial charge in [-0.05, 0) is 48.9 Å². The molecule has 27 heavy (non-hydrogen) atoms. The molecule has 5 nitrogen and oxygen atoms in total. The molecule has 3 rings (SSSR count). The maximum absolute atomic E-state index is 12.3. The van der Waals surface area contributed by atoms with E-state index in [1.807, 2.05) is 6.92 Å². The van der Waals surface area contributed by atoms with Crippen LogP contribution >= 0.6 is 34.8 Å². The number of fused-ring (bicyclic) bond motifs is 1. The van der Waals surface area contributed by atoms with Crippen molar-refractivity contribution < 1.29 is 9.47 Å². The molecule has 1 N–H and O–H groups in total. The molecule has 3 aromatic rings. The van der Waals surface area contributed by atoms with Crippen LogP contribution in [0, 0.1) is 0 Å². The van der Waals surface area contributed by atoms with Crippen molar-refractivity contribution in [3.8, 4) is 11.5 Å². The van der Waals surface area contributed by atoms with Crippen LogP contribution in [-0.2, 0) is 0 Å². The quantitative estimate of drug-likeness (QED) is 0.596. The third-order valence-electron chi connectivity index (χ3n) is 3.72. The molecule has 140 valence electrons. The number of nitrogens with zero attached hydrogens (tertiary/aromatic N) is 1. The van der Waals surface area contributed by atoms with Crippen LogP contribution in [0.2, 0.25) is 10.0 Å². The standard InChI is InChI=1S/C19H15Cl3N2O3/c1-3-27-16-8-10(6-13(21)17(16)26-2)7-14(22)18-23-15-9-11(20)4-5-12(15)19(25)24-18/h4-9H,3H2,1-2H3,(H,23,24,25)/b14-7-. The molecule has 0 atom stereocenters. The van der Waals surface area contributed by atoms with Crippen LogP contribution in [0.25, 0.3) is 22.0 Å². The second-order valence-corrected chi connectivity index (χ2v) is 6.79. The molecular formula is C19H15Cl3N2O3. The van der Waals surface area contributed by atoms with Crippen LogP contribution in [0.1, 0.15) is 18.3 Å². The summed E-state index contributed by atoms with van der Waals surface area (Å²) < 4.78 is 10.8. The number of methoxy groups -OCH3 is 1. The van der Waals surface area contributed by atoms with Gasteiger partial charge in [-0.2, -0.15) is 0 Å². The minimum atomic E-state index is -0.305. The summed E-state index contributed by atoms with van der Waals surface area (Å²) >= 11 is 18.6. The fraction of sp³-hybridized carbons (Fsp3) is 0.158. The Kier molecular flexibility index (Phi) is 5.95. The second-order valence-electron chi connectivity index (χ2n) is 5.54. The molecule has 0 spiro atoms. The van der Waals surface area contributed by atoms with Gasteiger partial charge in [0.25, 0.3) is 5.56 Å². The smallest absolute Gasteiger partial charge is 0.259 e. The number of hydrogen-bond acceptors (Lipinski definition) is 4. The van der Waals surface area contributed by atoms with Crippen molar-refractivity contribution in [2.75, 3.05) is 13.7 Å². The van der Waals surface area contributed by atoms with Crippen LogP contribution in [-0.4, -0.2) is 23.7 Å². The Morgan fingerprint density at radius 2 is 2.04 bits per heavy atom. The maximum Gasteiger partial charge on any atom is 0.259 e. The van der Waals surface area contributed by atoms with Gasteiger partial charge >= 0.3 is 0 Å². The molecule has 0 radical (unpaired) electrons. The van der Waals surface area contributed by atoms with Crippen LogP contribution in [0.3, 0.4) is 0 Å². The molecule has 0 saturated carbocycles. The highest BCUT2D eigenvalue weighted by molar-refractivity contribution is 6.50. The first-order valence-electron chi connectivity index (χ1n) is 8.00. The highest BCUT2D eigenvalue weighted by atomic mass is 35.5. The van der Waals surface area contributed by atoms with Gasteiger partial charge in [-0.15, -0.1) is 0 Å². The van der Waals surface area contributed by atoms with Crippen LogP contribution in [0.5, 0.6) is 11.5 Å². The van der Waals surface area contributed by atoms with E-state index in [9.17, 15) is 4.79 Å². The predicted octanol–water partition coefficient (Wildman–Crippen LogP) is 5.37.